The number of nitrogens with two attached hydrogens (primary N) is 1. The van der Waals surface area contributed by atoms with Gasteiger partial charge in [-0.1, -0.05) is 11.6 Å². The molecular weight excluding hydrogens is 304 g/mol. The molecule has 0 saturated carbocycles. The smallest absolute Gasteiger partial charge is 0.266 e. The summed E-state index contributed by atoms with van der Waals surface area (Å²) in [6.07, 6.45) is 3.00. The number of amidine groups is 1. The Bertz CT molecular complexity index is 419. The van der Waals surface area contributed by atoms with E-state index in [1.807, 2.05) is 32.6 Å². The van der Waals surface area contributed by atoms with Gasteiger partial charge in [0.25, 0.3) is 5.91 Å². The number of likely N-dealkylation sites (tertiary alicyclic amines) is 1. The molecule has 0 aromatic rings. The van der Waals surface area contributed by atoms with E-state index < -0.39 is 6.10 Å². The lowest BCUT2D eigenvalue weighted by atomic mass is 9.97. The van der Waals surface area contributed by atoms with Crippen molar-refractivity contribution in [2.24, 2.45) is 10.9 Å². The molecule has 0 spiro atoms. The second kappa shape index (κ2) is 9.25. The number of piperidine rings is 1. The molecule has 0 aromatic carbocycles. The van der Waals surface area contributed by atoms with Crippen LogP contribution in [0.5, 0.6) is 0 Å². The highest BCUT2D eigenvalue weighted by Gasteiger charge is 2.27. The third-order valence-electron chi connectivity index (χ3n) is 4.76. The van der Waals surface area contributed by atoms with E-state index in [0.29, 0.717) is 24.5 Å². The molecule has 3 atom stereocenters. The Labute approximate surface area is 147 Å². The monoisotopic (exact) mass is 340 g/mol. The summed E-state index contributed by atoms with van der Waals surface area (Å²) in [6, 6.07) is 1.25. The fourth-order valence-corrected chi connectivity index (χ4v) is 3.51. The minimum absolute atomic E-state index is 0.0590. The largest absolute Gasteiger partial charge is 0.383 e. The summed E-state index contributed by atoms with van der Waals surface area (Å²) in [5.74, 6) is 0.368. The first-order valence-electron chi connectivity index (χ1n) is 9.21. The Morgan fingerprint density at radius 2 is 1.67 bits per heavy atom. The molecule has 0 aromatic heterocycles. The maximum absolute atomic E-state index is 12.5. The van der Waals surface area contributed by atoms with Crippen molar-refractivity contribution in [3.05, 3.63) is 0 Å². The van der Waals surface area contributed by atoms with Gasteiger partial charge in [0.1, 0.15) is 0 Å². The first-order chi connectivity index (χ1) is 11.1. The van der Waals surface area contributed by atoms with E-state index >= 15 is 0 Å². The number of nitrogens with zero attached hydrogens (tertiary/aromatic N) is 3. The number of amides is 1. The van der Waals surface area contributed by atoms with Crippen molar-refractivity contribution in [2.75, 3.05) is 6.54 Å². The van der Waals surface area contributed by atoms with Crippen LogP contribution in [0, 0.1) is 0 Å². The second-order valence-electron chi connectivity index (χ2n) is 7.56. The highest BCUT2D eigenvalue weighted by molar-refractivity contribution is 5.83. The van der Waals surface area contributed by atoms with E-state index in [1.54, 1.807) is 6.92 Å². The van der Waals surface area contributed by atoms with Crippen molar-refractivity contribution in [2.45, 2.75) is 98.0 Å². The summed E-state index contributed by atoms with van der Waals surface area (Å²) in [5.41, 5.74) is 6.03. The average Bonchev–Trinajstić information content (AvgIpc) is 2.47. The third-order valence-corrected chi connectivity index (χ3v) is 4.76. The minimum Gasteiger partial charge on any atom is -0.383 e. The van der Waals surface area contributed by atoms with Gasteiger partial charge in [0.15, 0.2) is 5.84 Å². The van der Waals surface area contributed by atoms with Gasteiger partial charge in [0.05, 0.1) is 6.54 Å². The molecule has 6 heteroatoms. The molecule has 0 radical (unpaired) electrons. The van der Waals surface area contributed by atoms with E-state index in [9.17, 15) is 4.79 Å². The molecule has 1 amide bonds. The molecule has 1 rings (SSSR count). The van der Waals surface area contributed by atoms with Crippen LogP contribution in [-0.4, -0.2) is 58.4 Å². The molecule has 140 valence electrons. The fourth-order valence-electron chi connectivity index (χ4n) is 3.51. The Morgan fingerprint density at radius 3 is 2.12 bits per heavy atom. The number of oxime groups is 1. The van der Waals surface area contributed by atoms with Gasteiger partial charge in [-0.3, -0.25) is 9.69 Å². The van der Waals surface area contributed by atoms with E-state index in [0.717, 1.165) is 0 Å². The summed E-state index contributed by atoms with van der Waals surface area (Å²) in [6.45, 7) is 14.8. The molecule has 0 aliphatic carbocycles. The van der Waals surface area contributed by atoms with Gasteiger partial charge in [0, 0.05) is 24.2 Å². The molecule has 1 aliphatic rings. The lowest BCUT2D eigenvalue weighted by Crippen LogP contribution is -2.48. The lowest BCUT2D eigenvalue weighted by molar-refractivity contribution is -0.146. The highest BCUT2D eigenvalue weighted by Crippen LogP contribution is 2.21. The maximum atomic E-state index is 12.5. The van der Waals surface area contributed by atoms with Crippen molar-refractivity contribution >= 4 is 11.7 Å². The fraction of sp³-hybridized carbons (Fsp3) is 0.889. The van der Waals surface area contributed by atoms with Crippen LogP contribution in [0.3, 0.4) is 0 Å². The van der Waals surface area contributed by atoms with Gasteiger partial charge in [0.2, 0.25) is 6.10 Å². The Kier molecular flexibility index (Phi) is 8.00. The van der Waals surface area contributed by atoms with Crippen LogP contribution in [0.4, 0.5) is 0 Å². The molecule has 24 heavy (non-hydrogen) atoms. The zero-order valence-corrected chi connectivity index (χ0v) is 16.5. The molecule has 1 heterocycles. The zero-order valence-electron chi connectivity index (χ0n) is 16.5. The van der Waals surface area contributed by atoms with Crippen LogP contribution < -0.4 is 5.73 Å². The molecule has 0 unspecified atom stereocenters. The second-order valence-corrected chi connectivity index (χ2v) is 7.56. The van der Waals surface area contributed by atoms with Crippen molar-refractivity contribution in [1.29, 1.82) is 0 Å². The molecule has 1 aliphatic heterocycles. The number of carbonyl (C=O) groups is 1. The molecular formula is C18H36N4O2. The van der Waals surface area contributed by atoms with Crippen molar-refractivity contribution in [3.8, 4) is 0 Å². The number of hydrogen-bond donors (Lipinski definition) is 1. The van der Waals surface area contributed by atoms with E-state index in [2.05, 4.69) is 23.9 Å². The summed E-state index contributed by atoms with van der Waals surface area (Å²) >= 11 is 0. The lowest BCUT2D eigenvalue weighted by Gasteiger charge is -2.38. The molecule has 6 nitrogen and oxygen atoms in total. The van der Waals surface area contributed by atoms with Crippen LogP contribution in [0.1, 0.15) is 67.7 Å². The maximum Gasteiger partial charge on any atom is 0.266 e. The van der Waals surface area contributed by atoms with Crippen LogP contribution in [0.2, 0.25) is 0 Å². The van der Waals surface area contributed by atoms with Crippen LogP contribution in [0.15, 0.2) is 5.16 Å². The van der Waals surface area contributed by atoms with Gasteiger partial charge in [-0.05, 0) is 61.3 Å². The van der Waals surface area contributed by atoms with Crippen molar-refractivity contribution in [1.82, 2.24) is 9.80 Å². The van der Waals surface area contributed by atoms with E-state index in [1.165, 1.54) is 19.3 Å². The van der Waals surface area contributed by atoms with E-state index in [-0.39, 0.29) is 18.0 Å². The Morgan fingerprint density at radius 1 is 1.17 bits per heavy atom. The molecule has 1 fully saturated rings. The van der Waals surface area contributed by atoms with Crippen molar-refractivity contribution in [3.63, 3.8) is 0 Å². The quantitative estimate of drug-likeness (QED) is 0.439. The first-order valence-corrected chi connectivity index (χ1v) is 9.21. The molecule has 1 saturated heterocycles. The normalized spacial score (nSPS) is 24.3. The van der Waals surface area contributed by atoms with Crippen LogP contribution >= 0.6 is 0 Å². The van der Waals surface area contributed by atoms with Crippen LogP contribution in [-0.2, 0) is 9.63 Å². The standard InChI is InChI=1S/C18H36N4O2/c1-12(2)22(13(3)4)18(23)16(7)24-20-17(19)11-21-14(5)9-8-10-15(21)6/h12-16H,8-11H2,1-7H3,(H2,19,20)/t14-,15+,16-/m1/s1. The summed E-state index contributed by atoms with van der Waals surface area (Å²) in [4.78, 5) is 22.1. The number of carbonyl (C=O) groups excluding carboxylic acids is 1. The average molecular weight is 341 g/mol. The van der Waals surface area contributed by atoms with Gasteiger partial charge in [-0.15, -0.1) is 0 Å². The van der Waals surface area contributed by atoms with Crippen molar-refractivity contribution < 1.29 is 9.63 Å². The predicted octanol–water partition coefficient (Wildman–Crippen LogP) is 2.57. The number of rotatable bonds is 7. The SMILES string of the molecule is CC(C)N(C(=O)[C@@H](C)O/N=C(/N)CN1[C@H](C)CCC[C@@H]1C)C(C)C. The summed E-state index contributed by atoms with van der Waals surface area (Å²) in [7, 11) is 0. The minimum atomic E-state index is -0.635. The van der Waals surface area contributed by atoms with Crippen LogP contribution in [0.25, 0.3) is 0 Å². The molecule has 0 bridgehead atoms. The summed E-state index contributed by atoms with van der Waals surface area (Å²) < 4.78 is 0. The van der Waals surface area contributed by atoms with Gasteiger partial charge in [-0.25, -0.2) is 0 Å². The topological polar surface area (TPSA) is 71.2 Å². The number of hydrogen-bond acceptors (Lipinski definition) is 4. The Balaban J connectivity index is 2.61. The zero-order chi connectivity index (χ0) is 18.4. The highest BCUT2D eigenvalue weighted by atomic mass is 16.6. The van der Waals surface area contributed by atoms with Gasteiger partial charge < -0.3 is 15.5 Å². The Hall–Kier alpha value is -1.30. The third kappa shape index (κ3) is 5.65. The molecule has 2 N–H and O–H groups in total. The predicted molar refractivity (Wildman–Crippen MR) is 98.8 cm³/mol. The van der Waals surface area contributed by atoms with E-state index in [4.69, 9.17) is 10.6 Å². The van der Waals surface area contributed by atoms with Gasteiger partial charge in [-0.2, -0.15) is 0 Å². The van der Waals surface area contributed by atoms with Gasteiger partial charge >= 0.3 is 0 Å². The summed E-state index contributed by atoms with van der Waals surface area (Å²) in [5, 5.41) is 4.01. The first kappa shape index (κ1) is 20.7.